The van der Waals surface area contributed by atoms with Crippen LogP contribution in [-0.4, -0.2) is 23.0 Å². The first-order valence-electron chi connectivity index (χ1n) is 8.38. The third-order valence-electron chi connectivity index (χ3n) is 4.42. The summed E-state index contributed by atoms with van der Waals surface area (Å²) in [7, 11) is 0. The zero-order valence-corrected chi connectivity index (χ0v) is 14.6. The SMILES string of the molecule is NC(=O)c1ccc(NC2CCCCC2N)nc1Nc1ccc(Cl)cc1. The highest BCUT2D eigenvalue weighted by Gasteiger charge is 2.22. The van der Waals surface area contributed by atoms with Gasteiger partial charge in [0.1, 0.15) is 11.6 Å². The Balaban J connectivity index is 1.83. The lowest BCUT2D eigenvalue weighted by molar-refractivity contribution is 0.100. The van der Waals surface area contributed by atoms with E-state index in [1.165, 1.54) is 0 Å². The van der Waals surface area contributed by atoms with Crippen LogP contribution in [0.2, 0.25) is 5.02 Å². The molecule has 1 aliphatic rings. The molecular weight excluding hydrogens is 338 g/mol. The predicted molar refractivity (Wildman–Crippen MR) is 101 cm³/mol. The molecule has 1 aliphatic carbocycles. The fraction of sp³-hybridized carbons (Fsp3) is 0.333. The minimum atomic E-state index is -0.537. The number of hydrogen-bond acceptors (Lipinski definition) is 5. The summed E-state index contributed by atoms with van der Waals surface area (Å²) in [4.78, 5) is 16.2. The maximum absolute atomic E-state index is 11.7. The van der Waals surface area contributed by atoms with Crippen LogP contribution in [-0.2, 0) is 0 Å². The fourth-order valence-electron chi connectivity index (χ4n) is 3.03. The van der Waals surface area contributed by atoms with E-state index in [9.17, 15) is 4.79 Å². The van der Waals surface area contributed by atoms with Gasteiger partial charge in [-0.05, 0) is 49.2 Å². The molecule has 0 aliphatic heterocycles. The van der Waals surface area contributed by atoms with Crippen LogP contribution in [0.3, 0.4) is 0 Å². The van der Waals surface area contributed by atoms with E-state index in [1.54, 1.807) is 24.3 Å². The van der Waals surface area contributed by atoms with Crippen LogP contribution < -0.4 is 22.1 Å². The molecule has 7 heteroatoms. The fourth-order valence-corrected chi connectivity index (χ4v) is 3.16. The summed E-state index contributed by atoms with van der Waals surface area (Å²) in [6.45, 7) is 0. The molecule has 1 heterocycles. The number of nitrogens with two attached hydrogens (primary N) is 2. The molecule has 6 N–H and O–H groups in total. The molecule has 0 saturated heterocycles. The van der Waals surface area contributed by atoms with Gasteiger partial charge >= 0.3 is 0 Å². The number of amides is 1. The zero-order valence-electron chi connectivity index (χ0n) is 13.8. The summed E-state index contributed by atoms with van der Waals surface area (Å²) < 4.78 is 0. The Hall–Kier alpha value is -2.31. The van der Waals surface area contributed by atoms with Crippen molar-refractivity contribution in [1.29, 1.82) is 0 Å². The van der Waals surface area contributed by atoms with E-state index in [-0.39, 0.29) is 12.1 Å². The van der Waals surface area contributed by atoms with Gasteiger partial charge < -0.3 is 22.1 Å². The molecule has 1 aromatic carbocycles. The van der Waals surface area contributed by atoms with Crippen LogP contribution in [0.25, 0.3) is 0 Å². The van der Waals surface area contributed by atoms with E-state index < -0.39 is 5.91 Å². The van der Waals surface area contributed by atoms with Crippen LogP contribution in [0, 0.1) is 0 Å². The molecule has 1 saturated carbocycles. The second-order valence-corrected chi connectivity index (χ2v) is 6.72. The van der Waals surface area contributed by atoms with Crippen molar-refractivity contribution in [2.75, 3.05) is 10.6 Å². The van der Waals surface area contributed by atoms with Gasteiger partial charge in [-0.25, -0.2) is 4.98 Å². The maximum Gasteiger partial charge on any atom is 0.252 e. The van der Waals surface area contributed by atoms with Crippen LogP contribution in [0.4, 0.5) is 17.3 Å². The molecule has 2 atom stereocenters. The maximum atomic E-state index is 11.7. The highest BCUT2D eigenvalue weighted by atomic mass is 35.5. The monoisotopic (exact) mass is 359 g/mol. The van der Waals surface area contributed by atoms with Crippen molar-refractivity contribution in [2.24, 2.45) is 11.5 Å². The molecule has 0 spiro atoms. The number of anilines is 3. The van der Waals surface area contributed by atoms with Crippen molar-refractivity contribution in [2.45, 2.75) is 37.8 Å². The molecule has 132 valence electrons. The van der Waals surface area contributed by atoms with Crippen molar-refractivity contribution >= 4 is 34.8 Å². The highest BCUT2D eigenvalue weighted by molar-refractivity contribution is 6.30. The number of nitrogens with one attached hydrogen (secondary N) is 2. The Labute approximate surface area is 152 Å². The van der Waals surface area contributed by atoms with E-state index in [0.717, 1.165) is 31.4 Å². The number of aromatic nitrogens is 1. The minimum Gasteiger partial charge on any atom is -0.366 e. The lowest BCUT2D eigenvalue weighted by Crippen LogP contribution is -2.42. The van der Waals surface area contributed by atoms with E-state index in [2.05, 4.69) is 15.6 Å². The van der Waals surface area contributed by atoms with Crippen molar-refractivity contribution in [3.63, 3.8) is 0 Å². The molecule has 2 aromatic rings. The van der Waals surface area contributed by atoms with Gasteiger partial charge in [0.25, 0.3) is 5.91 Å². The molecule has 1 fully saturated rings. The normalized spacial score (nSPS) is 20.1. The lowest BCUT2D eigenvalue weighted by Gasteiger charge is -2.29. The summed E-state index contributed by atoms with van der Waals surface area (Å²) in [5.74, 6) is 0.540. The second kappa shape index (κ2) is 7.72. The van der Waals surface area contributed by atoms with Gasteiger partial charge in [0, 0.05) is 22.8 Å². The number of rotatable bonds is 5. The Kier molecular flexibility index (Phi) is 5.40. The number of pyridine rings is 1. The van der Waals surface area contributed by atoms with Gasteiger partial charge in [0.05, 0.1) is 5.56 Å². The van der Waals surface area contributed by atoms with Crippen LogP contribution >= 0.6 is 11.6 Å². The molecule has 25 heavy (non-hydrogen) atoms. The van der Waals surface area contributed by atoms with Gasteiger partial charge in [-0.1, -0.05) is 24.4 Å². The lowest BCUT2D eigenvalue weighted by atomic mass is 9.91. The number of hydrogen-bond donors (Lipinski definition) is 4. The Bertz CT molecular complexity index is 750. The second-order valence-electron chi connectivity index (χ2n) is 6.29. The number of carbonyl (C=O) groups is 1. The predicted octanol–water partition coefficient (Wildman–Crippen LogP) is 3.26. The number of benzene rings is 1. The molecule has 1 amide bonds. The molecule has 1 aromatic heterocycles. The quantitative estimate of drug-likeness (QED) is 0.655. The van der Waals surface area contributed by atoms with Gasteiger partial charge in [0.2, 0.25) is 0 Å². The first kappa shape index (κ1) is 17.5. The Morgan fingerprint density at radius 1 is 1.12 bits per heavy atom. The van der Waals surface area contributed by atoms with E-state index in [4.69, 9.17) is 23.1 Å². The van der Waals surface area contributed by atoms with Gasteiger partial charge in [-0.15, -0.1) is 0 Å². The highest BCUT2D eigenvalue weighted by Crippen LogP contribution is 2.25. The van der Waals surface area contributed by atoms with Crippen molar-refractivity contribution in [3.05, 3.63) is 47.0 Å². The Morgan fingerprint density at radius 3 is 2.52 bits per heavy atom. The van der Waals surface area contributed by atoms with E-state index in [0.29, 0.717) is 22.2 Å². The topological polar surface area (TPSA) is 106 Å². The molecule has 3 rings (SSSR count). The molecule has 2 unspecified atom stereocenters. The van der Waals surface area contributed by atoms with Gasteiger partial charge in [0.15, 0.2) is 0 Å². The molecule has 6 nitrogen and oxygen atoms in total. The summed E-state index contributed by atoms with van der Waals surface area (Å²) >= 11 is 5.90. The molecular formula is C18H22ClN5O. The minimum absolute atomic E-state index is 0.110. The van der Waals surface area contributed by atoms with Crippen molar-refractivity contribution in [1.82, 2.24) is 4.98 Å². The van der Waals surface area contributed by atoms with E-state index in [1.807, 2.05) is 12.1 Å². The largest absolute Gasteiger partial charge is 0.366 e. The first-order chi connectivity index (χ1) is 12.0. The summed E-state index contributed by atoms with van der Waals surface area (Å²) in [6.07, 6.45) is 4.34. The van der Waals surface area contributed by atoms with Crippen LogP contribution in [0.15, 0.2) is 36.4 Å². The van der Waals surface area contributed by atoms with E-state index >= 15 is 0 Å². The summed E-state index contributed by atoms with van der Waals surface area (Å²) in [5, 5.41) is 7.15. The van der Waals surface area contributed by atoms with Gasteiger partial charge in [-0.3, -0.25) is 4.79 Å². The standard InChI is InChI=1S/C18H22ClN5O/c19-11-5-7-12(8-6-11)22-18-13(17(21)25)9-10-16(24-18)23-15-4-2-1-3-14(15)20/h5-10,14-15H,1-4,20H2,(H2,21,25)(H2,22,23,24). The average molecular weight is 360 g/mol. The Morgan fingerprint density at radius 2 is 1.84 bits per heavy atom. The van der Waals surface area contributed by atoms with Crippen LogP contribution in [0.1, 0.15) is 36.0 Å². The first-order valence-corrected chi connectivity index (χ1v) is 8.76. The number of carbonyl (C=O) groups excluding carboxylic acids is 1. The third-order valence-corrected chi connectivity index (χ3v) is 4.67. The summed E-state index contributed by atoms with van der Waals surface area (Å²) in [6, 6.07) is 10.9. The molecule has 0 radical (unpaired) electrons. The third kappa shape index (κ3) is 4.41. The number of primary amides is 1. The molecule has 0 bridgehead atoms. The number of halogens is 1. The zero-order chi connectivity index (χ0) is 17.8. The smallest absolute Gasteiger partial charge is 0.252 e. The summed E-state index contributed by atoms with van der Waals surface area (Å²) in [5.41, 5.74) is 12.8. The van der Waals surface area contributed by atoms with Crippen molar-refractivity contribution in [3.8, 4) is 0 Å². The van der Waals surface area contributed by atoms with Crippen LogP contribution in [0.5, 0.6) is 0 Å². The van der Waals surface area contributed by atoms with Gasteiger partial charge in [-0.2, -0.15) is 0 Å². The number of nitrogens with zero attached hydrogens (tertiary/aromatic N) is 1. The van der Waals surface area contributed by atoms with Crippen molar-refractivity contribution < 1.29 is 4.79 Å². The average Bonchev–Trinajstić information content (AvgIpc) is 2.59.